The Morgan fingerprint density at radius 1 is 1.31 bits per heavy atom. The highest BCUT2D eigenvalue weighted by molar-refractivity contribution is 7.99. The van der Waals surface area contributed by atoms with Gasteiger partial charge in [0.15, 0.2) is 0 Å². The van der Waals surface area contributed by atoms with Crippen LogP contribution in [0.3, 0.4) is 0 Å². The molecule has 0 aliphatic carbocycles. The monoisotopic (exact) mass is 231 g/mol. The van der Waals surface area contributed by atoms with Gasteiger partial charge in [0.1, 0.15) is 0 Å². The maximum Gasteiger partial charge on any atom is 0.210 e. The van der Waals surface area contributed by atoms with E-state index in [1.165, 1.54) is 11.8 Å². The van der Waals surface area contributed by atoms with Gasteiger partial charge in [-0.1, -0.05) is 42.1 Å². The summed E-state index contributed by atoms with van der Waals surface area (Å²) in [4.78, 5) is 0. The molecule has 1 heterocycles. The average Bonchev–Trinajstić information content (AvgIpc) is 2.75. The fraction of sp³-hybridized carbons (Fsp3) is 0.200. The van der Waals surface area contributed by atoms with Gasteiger partial charge in [0.05, 0.1) is 18.4 Å². The molecular formula is C10H9N5S. The van der Waals surface area contributed by atoms with Crippen LogP contribution in [0.5, 0.6) is 0 Å². The van der Waals surface area contributed by atoms with Crippen molar-refractivity contribution in [2.75, 3.05) is 5.75 Å². The first-order valence-corrected chi connectivity index (χ1v) is 5.68. The molecule has 6 heteroatoms. The molecule has 0 amide bonds. The molecule has 0 spiro atoms. The highest BCUT2D eigenvalue weighted by Gasteiger charge is 2.06. The topological polar surface area (TPSA) is 67.4 Å². The Balaban J connectivity index is 2.10. The summed E-state index contributed by atoms with van der Waals surface area (Å²) in [5.41, 5.74) is 1.13. The van der Waals surface area contributed by atoms with E-state index in [-0.39, 0.29) is 0 Å². The van der Waals surface area contributed by atoms with Crippen molar-refractivity contribution < 1.29 is 0 Å². The minimum Gasteiger partial charge on any atom is -0.216 e. The number of benzene rings is 1. The van der Waals surface area contributed by atoms with E-state index in [0.717, 1.165) is 5.56 Å². The van der Waals surface area contributed by atoms with Crippen molar-refractivity contribution in [3.05, 3.63) is 35.9 Å². The molecule has 0 saturated heterocycles. The third kappa shape index (κ3) is 2.58. The Kier molecular flexibility index (Phi) is 3.51. The van der Waals surface area contributed by atoms with Gasteiger partial charge in [-0.15, -0.1) is 5.10 Å². The number of thioether (sulfide) groups is 1. The number of nitriles is 1. The molecule has 0 bridgehead atoms. The first kappa shape index (κ1) is 10.6. The van der Waals surface area contributed by atoms with Crippen LogP contribution in [0, 0.1) is 11.3 Å². The molecule has 0 fully saturated rings. The van der Waals surface area contributed by atoms with Crippen LogP contribution in [0.2, 0.25) is 0 Å². The van der Waals surface area contributed by atoms with Crippen molar-refractivity contribution in [3.8, 4) is 6.07 Å². The SMILES string of the molecule is N#CCSc1nnnn1Cc1ccccc1. The van der Waals surface area contributed by atoms with E-state index in [2.05, 4.69) is 21.6 Å². The first-order valence-electron chi connectivity index (χ1n) is 4.70. The number of rotatable bonds is 4. The van der Waals surface area contributed by atoms with E-state index < -0.39 is 0 Å². The zero-order valence-electron chi connectivity index (χ0n) is 8.45. The summed E-state index contributed by atoms with van der Waals surface area (Å²) in [5.74, 6) is 0.356. The van der Waals surface area contributed by atoms with Crippen LogP contribution >= 0.6 is 11.8 Å². The lowest BCUT2D eigenvalue weighted by atomic mass is 10.2. The number of aromatic nitrogens is 4. The van der Waals surface area contributed by atoms with Crippen LogP contribution in [0.25, 0.3) is 0 Å². The van der Waals surface area contributed by atoms with Crippen molar-refractivity contribution in [1.29, 1.82) is 5.26 Å². The van der Waals surface area contributed by atoms with Crippen molar-refractivity contribution in [2.24, 2.45) is 0 Å². The fourth-order valence-corrected chi connectivity index (χ4v) is 1.79. The van der Waals surface area contributed by atoms with Gasteiger partial charge in [-0.05, 0) is 16.0 Å². The lowest BCUT2D eigenvalue weighted by molar-refractivity contribution is 0.603. The molecule has 0 N–H and O–H groups in total. The zero-order valence-corrected chi connectivity index (χ0v) is 9.26. The molecule has 1 aromatic carbocycles. The second-order valence-corrected chi connectivity index (χ2v) is 3.99. The number of tetrazole rings is 1. The summed E-state index contributed by atoms with van der Waals surface area (Å²) in [5, 5.41) is 20.5. The van der Waals surface area contributed by atoms with Gasteiger partial charge >= 0.3 is 0 Å². The van der Waals surface area contributed by atoms with Crippen LogP contribution in [0.4, 0.5) is 0 Å². The Bertz CT molecular complexity index is 487. The number of hydrogen-bond acceptors (Lipinski definition) is 5. The third-order valence-electron chi connectivity index (χ3n) is 1.94. The van der Waals surface area contributed by atoms with Crippen LogP contribution < -0.4 is 0 Å². The van der Waals surface area contributed by atoms with E-state index in [4.69, 9.17) is 5.26 Å². The molecular weight excluding hydrogens is 222 g/mol. The van der Waals surface area contributed by atoms with Crippen molar-refractivity contribution in [2.45, 2.75) is 11.7 Å². The predicted octanol–water partition coefficient (Wildman–Crippen LogP) is 1.34. The quantitative estimate of drug-likeness (QED) is 0.743. The minimum atomic E-state index is 0.356. The third-order valence-corrected chi connectivity index (χ3v) is 2.76. The summed E-state index contributed by atoms with van der Waals surface area (Å²) in [7, 11) is 0. The van der Waals surface area contributed by atoms with Gasteiger partial charge in [-0.2, -0.15) is 5.26 Å². The molecule has 0 unspecified atom stereocenters. The molecule has 0 radical (unpaired) electrons. The highest BCUT2D eigenvalue weighted by Crippen LogP contribution is 2.13. The number of nitrogens with zero attached hydrogens (tertiary/aromatic N) is 5. The molecule has 0 aliphatic rings. The summed E-state index contributed by atoms with van der Waals surface area (Å²) in [6, 6.07) is 12.0. The molecule has 0 atom stereocenters. The van der Waals surface area contributed by atoms with E-state index in [0.29, 0.717) is 17.5 Å². The molecule has 2 aromatic rings. The largest absolute Gasteiger partial charge is 0.216 e. The summed E-state index contributed by atoms with van der Waals surface area (Å²) < 4.78 is 1.69. The van der Waals surface area contributed by atoms with E-state index >= 15 is 0 Å². The summed E-state index contributed by atoms with van der Waals surface area (Å²) >= 11 is 1.34. The zero-order chi connectivity index (χ0) is 11.2. The Hall–Kier alpha value is -1.87. The second-order valence-electron chi connectivity index (χ2n) is 3.05. The number of hydrogen-bond donors (Lipinski definition) is 0. The molecule has 5 nitrogen and oxygen atoms in total. The average molecular weight is 231 g/mol. The maximum absolute atomic E-state index is 8.50. The van der Waals surface area contributed by atoms with Crippen molar-refractivity contribution in [1.82, 2.24) is 20.2 Å². The predicted molar refractivity (Wildman–Crippen MR) is 59.7 cm³/mol. The minimum absolute atomic E-state index is 0.356. The van der Waals surface area contributed by atoms with Crippen LogP contribution in [0.1, 0.15) is 5.56 Å². The van der Waals surface area contributed by atoms with Crippen LogP contribution in [0.15, 0.2) is 35.5 Å². The van der Waals surface area contributed by atoms with Gasteiger partial charge in [0.25, 0.3) is 0 Å². The molecule has 1 aromatic heterocycles. The van der Waals surface area contributed by atoms with Gasteiger partial charge in [0.2, 0.25) is 5.16 Å². The molecule has 0 saturated carbocycles. The first-order chi connectivity index (χ1) is 7.90. The maximum atomic E-state index is 8.50. The van der Waals surface area contributed by atoms with Crippen LogP contribution in [-0.2, 0) is 6.54 Å². The molecule has 2 rings (SSSR count). The molecule has 0 aliphatic heterocycles. The highest BCUT2D eigenvalue weighted by atomic mass is 32.2. The lowest BCUT2D eigenvalue weighted by Gasteiger charge is -2.02. The smallest absolute Gasteiger partial charge is 0.210 e. The van der Waals surface area contributed by atoms with Crippen molar-refractivity contribution >= 4 is 11.8 Å². The Morgan fingerprint density at radius 2 is 2.12 bits per heavy atom. The second kappa shape index (κ2) is 5.28. The van der Waals surface area contributed by atoms with Gasteiger partial charge in [0, 0.05) is 0 Å². The van der Waals surface area contributed by atoms with Crippen LogP contribution in [-0.4, -0.2) is 26.0 Å². The van der Waals surface area contributed by atoms with E-state index in [1.807, 2.05) is 30.3 Å². The van der Waals surface area contributed by atoms with Gasteiger partial charge < -0.3 is 0 Å². The molecule has 16 heavy (non-hydrogen) atoms. The Labute approximate surface area is 97.1 Å². The summed E-state index contributed by atoms with van der Waals surface area (Å²) in [6.45, 7) is 0.627. The van der Waals surface area contributed by atoms with E-state index in [1.54, 1.807) is 4.68 Å². The fourth-order valence-electron chi connectivity index (χ4n) is 1.25. The normalized spacial score (nSPS) is 9.94. The molecule has 80 valence electrons. The van der Waals surface area contributed by atoms with Gasteiger partial charge in [-0.25, -0.2) is 4.68 Å². The lowest BCUT2D eigenvalue weighted by Crippen LogP contribution is -2.03. The van der Waals surface area contributed by atoms with Crippen molar-refractivity contribution in [3.63, 3.8) is 0 Å². The standard InChI is InChI=1S/C10H9N5S/c11-6-7-16-10-12-13-14-15(10)8-9-4-2-1-3-5-9/h1-5H,7-8H2. The van der Waals surface area contributed by atoms with E-state index in [9.17, 15) is 0 Å². The Morgan fingerprint density at radius 3 is 2.88 bits per heavy atom. The summed E-state index contributed by atoms with van der Waals surface area (Å²) in [6.07, 6.45) is 0. The van der Waals surface area contributed by atoms with Gasteiger partial charge in [-0.3, -0.25) is 0 Å².